The number of hydrogen-bond acceptors (Lipinski definition) is 3. The average molecular weight is 283 g/mol. The summed E-state index contributed by atoms with van der Waals surface area (Å²) < 4.78 is 14.9. The van der Waals surface area contributed by atoms with Gasteiger partial charge in [-0.15, -0.1) is 22.6 Å². The number of hydrogen-bond donors (Lipinski definition) is 1. The minimum absolute atomic E-state index is 0. The van der Waals surface area contributed by atoms with Crippen molar-refractivity contribution in [2.24, 2.45) is 0 Å². The Labute approximate surface area is 117 Å². The Morgan fingerprint density at radius 1 is 1.16 bits per heavy atom. The summed E-state index contributed by atoms with van der Waals surface area (Å²) in [4.78, 5) is 0. The van der Waals surface area contributed by atoms with Crippen LogP contribution in [0.15, 0.2) is 30.6 Å². The van der Waals surface area contributed by atoms with Gasteiger partial charge in [0.05, 0.1) is 0 Å². The minimum atomic E-state index is -0.227. The molecule has 1 aliphatic heterocycles. The van der Waals surface area contributed by atoms with E-state index in [1.807, 2.05) is 4.57 Å². The molecule has 0 aliphatic carbocycles. The minimum Gasteiger partial charge on any atom is -0.317 e. The van der Waals surface area contributed by atoms with Crippen LogP contribution < -0.4 is 5.32 Å². The maximum atomic E-state index is 12.9. The van der Waals surface area contributed by atoms with E-state index >= 15 is 0 Å². The van der Waals surface area contributed by atoms with Gasteiger partial charge in [-0.25, -0.2) is 4.39 Å². The number of nitrogens with one attached hydrogen (secondary N) is 1. The highest BCUT2D eigenvalue weighted by Gasteiger charge is 2.20. The van der Waals surface area contributed by atoms with Crippen LogP contribution in [-0.2, 0) is 0 Å². The zero-order valence-electron chi connectivity index (χ0n) is 10.4. The molecule has 1 aromatic carbocycles. The second-order valence-electron chi connectivity index (χ2n) is 4.56. The number of piperidine rings is 1. The van der Waals surface area contributed by atoms with E-state index < -0.39 is 0 Å². The fourth-order valence-corrected chi connectivity index (χ4v) is 2.40. The van der Waals surface area contributed by atoms with Crippen LogP contribution in [0.2, 0.25) is 0 Å². The molecule has 0 bridgehead atoms. The monoisotopic (exact) mass is 282 g/mol. The Bertz CT molecular complexity index is 520. The Hall–Kier alpha value is -1.46. The van der Waals surface area contributed by atoms with Crippen molar-refractivity contribution in [2.75, 3.05) is 13.1 Å². The molecule has 2 aromatic rings. The first-order chi connectivity index (χ1) is 8.84. The van der Waals surface area contributed by atoms with E-state index in [0.29, 0.717) is 5.92 Å². The topological polar surface area (TPSA) is 42.7 Å². The first-order valence-electron chi connectivity index (χ1n) is 6.21. The van der Waals surface area contributed by atoms with Crippen molar-refractivity contribution in [2.45, 2.75) is 18.8 Å². The van der Waals surface area contributed by atoms with E-state index in [1.54, 1.807) is 18.5 Å². The number of benzene rings is 1. The van der Waals surface area contributed by atoms with E-state index in [0.717, 1.165) is 37.4 Å². The highest BCUT2D eigenvalue weighted by Crippen LogP contribution is 2.25. The van der Waals surface area contributed by atoms with Gasteiger partial charge in [0.25, 0.3) is 0 Å². The second kappa shape index (κ2) is 6.12. The smallest absolute Gasteiger partial charge is 0.140 e. The zero-order chi connectivity index (χ0) is 12.4. The molecule has 0 spiro atoms. The van der Waals surface area contributed by atoms with E-state index in [1.165, 1.54) is 12.1 Å². The molecule has 2 heterocycles. The lowest BCUT2D eigenvalue weighted by Gasteiger charge is -2.22. The zero-order valence-corrected chi connectivity index (χ0v) is 11.2. The summed E-state index contributed by atoms with van der Waals surface area (Å²) in [5.41, 5.74) is 0.912. The quantitative estimate of drug-likeness (QED) is 0.919. The summed E-state index contributed by atoms with van der Waals surface area (Å²) in [5.74, 6) is 1.18. The van der Waals surface area contributed by atoms with Gasteiger partial charge in [0.1, 0.15) is 18.0 Å². The average Bonchev–Trinajstić information content (AvgIpc) is 2.90. The molecular formula is C13H16ClFN4. The highest BCUT2D eigenvalue weighted by molar-refractivity contribution is 5.85. The Morgan fingerprint density at radius 2 is 1.84 bits per heavy atom. The van der Waals surface area contributed by atoms with Crippen molar-refractivity contribution < 1.29 is 4.39 Å². The molecule has 1 fully saturated rings. The maximum Gasteiger partial charge on any atom is 0.140 e. The van der Waals surface area contributed by atoms with Crippen LogP contribution in [0.3, 0.4) is 0 Å². The van der Waals surface area contributed by atoms with Crippen LogP contribution in [0.4, 0.5) is 4.39 Å². The summed E-state index contributed by atoms with van der Waals surface area (Å²) >= 11 is 0. The molecule has 6 heteroatoms. The van der Waals surface area contributed by atoms with Gasteiger partial charge in [-0.1, -0.05) is 0 Å². The van der Waals surface area contributed by atoms with Crippen molar-refractivity contribution in [1.29, 1.82) is 0 Å². The largest absolute Gasteiger partial charge is 0.317 e. The van der Waals surface area contributed by atoms with Crippen LogP contribution in [0.5, 0.6) is 0 Å². The van der Waals surface area contributed by atoms with Gasteiger partial charge in [0.2, 0.25) is 0 Å². The summed E-state index contributed by atoms with van der Waals surface area (Å²) in [5, 5.41) is 11.6. The second-order valence-corrected chi connectivity index (χ2v) is 4.56. The lowest BCUT2D eigenvalue weighted by molar-refractivity contribution is 0.440. The van der Waals surface area contributed by atoms with Crippen molar-refractivity contribution in [1.82, 2.24) is 20.1 Å². The molecule has 1 N–H and O–H groups in total. The highest BCUT2D eigenvalue weighted by atomic mass is 35.5. The third kappa shape index (κ3) is 2.93. The summed E-state index contributed by atoms with van der Waals surface area (Å²) in [6, 6.07) is 6.43. The SMILES string of the molecule is Cl.Fc1ccc(-n2cnnc2C2CCNCC2)cc1. The molecule has 19 heavy (non-hydrogen) atoms. The first-order valence-corrected chi connectivity index (χ1v) is 6.21. The standard InChI is InChI=1S/C13H15FN4.ClH/c14-11-1-3-12(4-2-11)18-9-16-17-13(18)10-5-7-15-8-6-10;/h1-4,9-10,15H,5-8H2;1H. The molecule has 0 radical (unpaired) electrons. The van der Waals surface area contributed by atoms with E-state index in [4.69, 9.17) is 0 Å². The lowest BCUT2D eigenvalue weighted by atomic mass is 9.97. The number of rotatable bonds is 2. The van der Waals surface area contributed by atoms with E-state index in [2.05, 4.69) is 15.5 Å². The van der Waals surface area contributed by atoms with Crippen molar-refractivity contribution in [3.8, 4) is 5.69 Å². The van der Waals surface area contributed by atoms with Gasteiger partial charge < -0.3 is 5.32 Å². The molecule has 1 aliphatic rings. The molecule has 0 atom stereocenters. The molecule has 1 saturated heterocycles. The third-order valence-corrected chi connectivity index (χ3v) is 3.38. The number of nitrogens with zero attached hydrogens (tertiary/aromatic N) is 3. The van der Waals surface area contributed by atoms with E-state index in [9.17, 15) is 4.39 Å². The number of halogens is 2. The fourth-order valence-electron chi connectivity index (χ4n) is 2.40. The first kappa shape index (κ1) is 14.0. The van der Waals surface area contributed by atoms with Gasteiger partial charge in [-0.3, -0.25) is 4.57 Å². The van der Waals surface area contributed by atoms with Crippen LogP contribution in [0, 0.1) is 5.82 Å². The Kier molecular flexibility index (Phi) is 4.50. The van der Waals surface area contributed by atoms with Crippen LogP contribution >= 0.6 is 12.4 Å². The molecule has 102 valence electrons. The van der Waals surface area contributed by atoms with Crippen molar-refractivity contribution in [3.63, 3.8) is 0 Å². The molecule has 1 aromatic heterocycles. The van der Waals surface area contributed by atoms with Gasteiger partial charge in [-0.05, 0) is 50.2 Å². The van der Waals surface area contributed by atoms with Gasteiger partial charge in [-0.2, -0.15) is 0 Å². The lowest BCUT2D eigenvalue weighted by Crippen LogP contribution is -2.28. The Morgan fingerprint density at radius 3 is 2.53 bits per heavy atom. The molecular weight excluding hydrogens is 267 g/mol. The predicted octanol–water partition coefficient (Wildman–Crippen LogP) is 2.30. The van der Waals surface area contributed by atoms with Gasteiger partial charge >= 0.3 is 0 Å². The van der Waals surface area contributed by atoms with E-state index in [-0.39, 0.29) is 18.2 Å². The summed E-state index contributed by atoms with van der Waals surface area (Å²) in [6.45, 7) is 2.03. The Balaban J connectivity index is 0.00000133. The number of aromatic nitrogens is 3. The summed E-state index contributed by atoms with van der Waals surface area (Å²) in [7, 11) is 0. The molecule has 0 unspecified atom stereocenters. The molecule has 3 rings (SSSR count). The third-order valence-electron chi connectivity index (χ3n) is 3.38. The van der Waals surface area contributed by atoms with Gasteiger partial charge in [0, 0.05) is 11.6 Å². The van der Waals surface area contributed by atoms with Crippen LogP contribution in [0.25, 0.3) is 5.69 Å². The van der Waals surface area contributed by atoms with Gasteiger partial charge in [0.15, 0.2) is 0 Å². The van der Waals surface area contributed by atoms with Crippen LogP contribution in [0.1, 0.15) is 24.6 Å². The molecule has 0 saturated carbocycles. The maximum absolute atomic E-state index is 12.9. The molecule has 4 nitrogen and oxygen atoms in total. The molecule has 0 amide bonds. The normalized spacial score (nSPS) is 16.1. The van der Waals surface area contributed by atoms with Crippen molar-refractivity contribution in [3.05, 3.63) is 42.2 Å². The predicted molar refractivity (Wildman–Crippen MR) is 73.4 cm³/mol. The van der Waals surface area contributed by atoms with Crippen molar-refractivity contribution >= 4 is 12.4 Å². The fraction of sp³-hybridized carbons (Fsp3) is 0.385. The van der Waals surface area contributed by atoms with Crippen LogP contribution in [-0.4, -0.2) is 27.9 Å². The summed E-state index contributed by atoms with van der Waals surface area (Å²) in [6.07, 6.45) is 3.84.